The van der Waals surface area contributed by atoms with Gasteiger partial charge in [0.2, 0.25) is 0 Å². The van der Waals surface area contributed by atoms with E-state index in [1.54, 1.807) is 12.1 Å². The number of carbonyl (C=O) groups excluding carboxylic acids is 2. The monoisotopic (exact) mass is 474 g/mol. The summed E-state index contributed by atoms with van der Waals surface area (Å²) in [7, 11) is 0. The van der Waals surface area contributed by atoms with Gasteiger partial charge in [-0.15, -0.1) is 0 Å². The molecule has 4 nitrogen and oxygen atoms in total. The summed E-state index contributed by atoms with van der Waals surface area (Å²) in [5.41, 5.74) is 4.45. The lowest BCUT2D eigenvalue weighted by Crippen LogP contribution is -2.50. The van der Waals surface area contributed by atoms with Crippen molar-refractivity contribution in [3.8, 4) is 0 Å². The Hall–Kier alpha value is -4.02. The fraction of sp³-hybridized carbons (Fsp3) is 0.188. The van der Waals surface area contributed by atoms with Crippen molar-refractivity contribution in [3.05, 3.63) is 143 Å². The third-order valence-corrected chi connectivity index (χ3v) is 6.86. The predicted octanol–water partition coefficient (Wildman–Crippen LogP) is 5.66. The first-order chi connectivity index (χ1) is 17.7. The van der Waals surface area contributed by atoms with Gasteiger partial charge in [0.1, 0.15) is 0 Å². The first-order valence-electron chi connectivity index (χ1n) is 12.5. The van der Waals surface area contributed by atoms with Gasteiger partial charge in [0.25, 0.3) is 5.91 Å². The van der Waals surface area contributed by atoms with Crippen molar-refractivity contribution in [1.82, 2.24) is 9.80 Å². The molecule has 4 aromatic rings. The maximum Gasteiger partial charge on any atom is 0.254 e. The molecule has 0 aliphatic carbocycles. The fourth-order valence-corrected chi connectivity index (χ4v) is 5.03. The van der Waals surface area contributed by atoms with Crippen molar-refractivity contribution < 1.29 is 9.59 Å². The van der Waals surface area contributed by atoms with Gasteiger partial charge in [-0.05, 0) is 22.8 Å². The second kappa shape index (κ2) is 11.1. The zero-order valence-electron chi connectivity index (χ0n) is 20.3. The van der Waals surface area contributed by atoms with Crippen LogP contribution in [0.3, 0.4) is 0 Å². The van der Waals surface area contributed by atoms with E-state index in [1.165, 1.54) is 11.1 Å². The van der Waals surface area contributed by atoms with Gasteiger partial charge < -0.3 is 4.90 Å². The number of rotatable bonds is 7. The van der Waals surface area contributed by atoms with Crippen LogP contribution in [-0.4, -0.2) is 47.7 Å². The highest BCUT2D eigenvalue weighted by molar-refractivity contribution is 6.08. The van der Waals surface area contributed by atoms with E-state index in [9.17, 15) is 9.59 Å². The molecule has 5 rings (SSSR count). The first kappa shape index (κ1) is 23.7. The molecule has 0 saturated carbocycles. The minimum absolute atomic E-state index is 0.0306. The number of carbonyl (C=O) groups is 2. The van der Waals surface area contributed by atoms with Gasteiger partial charge in [-0.1, -0.05) is 109 Å². The van der Waals surface area contributed by atoms with E-state index in [1.807, 2.05) is 59.5 Å². The van der Waals surface area contributed by atoms with Gasteiger partial charge in [-0.3, -0.25) is 14.5 Å². The molecule has 1 heterocycles. The lowest BCUT2D eigenvalue weighted by Gasteiger charge is -2.40. The normalized spacial score (nSPS) is 14.1. The second-order valence-corrected chi connectivity index (χ2v) is 9.18. The Morgan fingerprint density at radius 2 is 1.06 bits per heavy atom. The highest BCUT2D eigenvalue weighted by Crippen LogP contribution is 2.30. The van der Waals surface area contributed by atoms with Crippen LogP contribution in [0.1, 0.15) is 43.4 Å². The SMILES string of the molecule is O=C(Cc1ccccc1)c1ccccc1C(=O)N1CCN(C(c2ccccc2)c2ccccc2)CC1. The molecule has 1 aliphatic rings. The van der Waals surface area contributed by atoms with Crippen LogP contribution in [0.25, 0.3) is 0 Å². The van der Waals surface area contributed by atoms with Gasteiger partial charge in [-0.25, -0.2) is 0 Å². The molecule has 1 amide bonds. The second-order valence-electron chi connectivity index (χ2n) is 9.18. The summed E-state index contributed by atoms with van der Waals surface area (Å²) < 4.78 is 0. The summed E-state index contributed by atoms with van der Waals surface area (Å²) in [5.74, 6) is -0.0976. The molecule has 1 fully saturated rings. The Kier molecular flexibility index (Phi) is 7.34. The van der Waals surface area contributed by atoms with Crippen molar-refractivity contribution >= 4 is 11.7 Å². The quantitative estimate of drug-likeness (QED) is 0.325. The number of Topliss-reactive ketones (excluding diaryl/α,β-unsaturated/α-hetero) is 1. The summed E-state index contributed by atoms with van der Waals surface area (Å²) in [6.45, 7) is 2.77. The van der Waals surface area contributed by atoms with Crippen LogP contribution >= 0.6 is 0 Å². The fourth-order valence-electron chi connectivity index (χ4n) is 5.03. The highest BCUT2D eigenvalue weighted by Gasteiger charge is 2.29. The number of ketones is 1. The first-order valence-corrected chi connectivity index (χ1v) is 12.5. The van der Waals surface area contributed by atoms with Crippen LogP contribution in [0.4, 0.5) is 0 Å². The van der Waals surface area contributed by atoms with Crippen LogP contribution in [0.15, 0.2) is 115 Å². The summed E-state index contributed by atoms with van der Waals surface area (Å²) in [4.78, 5) is 31.0. The van der Waals surface area contributed by atoms with Gasteiger partial charge >= 0.3 is 0 Å². The van der Waals surface area contributed by atoms with Crippen molar-refractivity contribution in [2.75, 3.05) is 26.2 Å². The van der Waals surface area contributed by atoms with Crippen LogP contribution in [-0.2, 0) is 6.42 Å². The number of hydrogen-bond acceptors (Lipinski definition) is 3. The zero-order chi connectivity index (χ0) is 24.7. The number of hydrogen-bond donors (Lipinski definition) is 0. The van der Waals surface area contributed by atoms with E-state index in [0.717, 1.165) is 18.7 Å². The molecular formula is C32H30N2O2. The molecule has 0 aromatic heterocycles. The molecule has 180 valence electrons. The molecule has 1 aliphatic heterocycles. The average molecular weight is 475 g/mol. The summed E-state index contributed by atoms with van der Waals surface area (Å²) in [6.07, 6.45) is 0.286. The third kappa shape index (κ3) is 5.29. The van der Waals surface area contributed by atoms with Crippen molar-refractivity contribution in [2.24, 2.45) is 0 Å². The number of nitrogens with zero attached hydrogens (tertiary/aromatic N) is 2. The minimum Gasteiger partial charge on any atom is -0.336 e. The Bertz CT molecular complexity index is 1260. The van der Waals surface area contributed by atoms with Gasteiger partial charge in [0, 0.05) is 38.2 Å². The summed E-state index contributed by atoms with van der Waals surface area (Å²) in [5, 5.41) is 0. The van der Waals surface area contributed by atoms with Gasteiger partial charge in [0.15, 0.2) is 5.78 Å². The number of amides is 1. The molecule has 36 heavy (non-hydrogen) atoms. The summed E-state index contributed by atoms with van der Waals surface area (Å²) in [6, 6.07) is 38.1. The molecule has 4 aromatic carbocycles. The smallest absolute Gasteiger partial charge is 0.254 e. The average Bonchev–Trinajstić information content (AvgIpc) is 2.95. The van der Waals surface area contributed by atoms with E-state index in [4.69, 9.17) is 0 Å². The standard InChI is InChI=1S/C32H30N2O2/c35-30(24-25-12-4-1-5-13-25)28-18-10-11-19-29(28)32(36)34-22-20-33(21-23-34)31(26-14-6-2-7-15-26)27-16-8-3-9-17-27/h1-19,31H,20-24H2. The Morgan fingerprint density at radius 3 is 1.61 bits per heavy atom. The summed E-state index contributed by atoms with van der Waals surface area (Å²) >= 11 is 0. The number of piperazine rings is 1. The molecule has 4 heteroatoms. The highest BCUT2D eigenvalue weighted by atomic mass is 16.2. The molecular weight excluding hydrogens is 444 g/mol. The maximum atomic E-state index is 13.5. The van der Waals surface area contributed by atoms with Crippen molar-refractivity contribution in [1.29, 1.82) is 0 Å². The molecule has 0 bridgehead atoms. The van der Waals surface area contributed by atoms with Crippen LogP contribution in [0.5, 0.6) is 0 Å². The van der Waals surface area contributed by atoms with Gasteiger partial charge in [0.05, 0.1) is 11.6 Å². The largest absolute Gasteiger partial charge is 0.336 e. The third-order valence-electron chi connectivity index (χ3n) is 6.86. The lowest BCUT2D eigenvalue weighted by molar-refractivity contribution is 0.0594. The molecule has 0 unspecified atom stereocenters. The Labute approximate surface area is 212 Å². The topological polar surface area (TPSA) is 40.6 Å². The van der Waals surface area contributed by atoms with Crippen molar-refractivity contribution in [2.45, 2.75) is 12.5 Å². The Balaban J connectivity index is 1.31. The van der Waals surface area contributed by atoms with Crippen LogP contribution < -0.4 is 0 Å². The zero-order valence-corrected chi connectivity index (χ0v) is 20.3. The van der Waals surface area contributed by atoms with E-state index < -0.39 is 0 Å². The van der Waals surface area contributed by atoms with E-state index in [-0.39, 0.29) is 24.2 Å². The molecule has 0 spiro atoms. The maximum absolute atomic E-state index is 13.5. The molecule has 0 atom stereocenters. The van der Waals surface area contributed by atoms with E-state index >= 15 is 0 Å². The molecule has 1 saturated heterocycles. The number of benzene rings is 4. The van der Waals surface area contributed by atoms with E-state index in [0.29, 0.717) is 24.2 Å². The van der Waals surface area contributed by atoms with Crippen molar-refractivity contribution in [3.63, 3.8) is 0 Å². The molecule has 0 radical (unpaired) electrons. The Morgan fingerprint density at radius 1 is 0.583 bits per heavy atom. The molecule has 0 N–H and O–H groups in total. The predicted molar refractivity (Wildman–Crippen MR) is 143 cm³/mol. The lowest BCUT2D eigenvalue weighted by atomic mass is 9.96. The van der Waals surface area contributed by atoms with E-state index in [2.05, 4.69) is 53.4 Å². The van der Waals surface area contributed by atoms with Crippen LogP contribution in [0, 0.1) is 0 Å². The minimum atomic E-state index is -0.0670. The van der Waals surface area contributed by atoms with Crippen LogP contribution in [0.2, 0.25) is 0 Å². The van der Waals surface area contributed by atoms with Gasteiger partial charge in [-0.2, -0.15) is 0 Å².